The molecule has 7 heterocycles. The lowest BCUT2D eigenvalue weighted by atomic mass is 9.92. The van der Waals surface area contributed by atoms with E-state index in [-0.39, 0.29) is 17.9 Å². The molecule has 0 spiro atoms. The van der Waals surface area contributed by atoms with E-state index in [9.17, 15) is 19.2 Å². The van der Waals surface area contributed by atoms with Gasteiger partial charge < -0.3 is 34.1 Å². The molecule has 2 N–H and O–H groups in total. The molecule has 0 bridgehead atoms. The minimum Gasteiger partial charge on any atom is -0.496 e. The second-order valence-electron chi connectivity index (χ2n) is 16.2. The van der Waals surface area contributed by atoms with Crippen molar-refractivity contribution < 1.29 is 25.2 Å². The van der Waals surface area contributed by atoms with Gasteiger partial charge in [-0.15, -0.1) is 0 Å². The van der Waals surface area contributed by atoms with Crippen molar-refractivity contribution in [3.8, 4) is 22.6 Å². The smallest absolute Gasteiger partial charge is 0.257 e. The Labute approximate surface area is 339 Å². The van der Waals surface area contributed by atoms with E-state index < -0.39 is 24.3 Å². The van der Waals surface area contributed by atoms with Crippen molar-refractivity contribution in [2.45, 2.75) is 57.6 Å². The minimum atomic E-state index is -1.05. The summed E-state index contributed by atoms with van der Waals surface area (Å²) in [5, 5.41) is 3.65. The molecular weight excluding hydrogens is 737 g/mol. The van der Waals surface area contributed by atoms with Crippen molar-refractivity contribution in [3.63, 3.8) is 0 Å². The Bertz CT molecular complexity index is 2310. The molecule has 2 aromatic carbocycles. The number of nitrogens with one attached hydrogen (secondary N) is 2. The summed E-state index contributed by atoms with van der Waals surface area (Å²) < 4.78 is 19.9. The van der Waals surface area contributed by atoms with Crippen LogP contribution in [0.25, 0.3) is 21.9 Å². The van der Waals surface area contributed by atoms with E-state index in [1.807, 2.05) is 30.3 Å². The molecule has 2 aromatic heterocycles. The molecule has 5 aliphatic heterocycles. The van der Waals surface area contributed by atoms with Crippen LogP contribution in [-0.2, 0) is 22.7 Å². The van der Waals surface area contributed by atoms with E-state index in [0.29, 0.717) is 30.0 Å². The molecule has 14 nitrogen and oxygen atoms in total. The largest absolute Gasteiger partial charge is 0.496 e. The number of fused-ring (bicyclic) bond motifs is 2. The maximum atomic E-state index is 13.4. The van der Waals surface area contributed by atoms with Crippen LogP contribution in [0.15, 0.2) is 53.6 Å². The van der Waals surface area contributed by atoms with Gasteiger partial charge in [0.05, 0.1) is 25.2 Å². The van der Waals surface area contributed by atoms with Crippen molar-refractivity contribution in [1.29, 1.82) is 0 Å². The number of piperidine rings is 2. The number of piperazine rings is 1. The van der Waals surface area contributed by atoms with Crippen molar-refractivity contribution in [1.82, 2.24) is 30.0 Å². The van der Waals surface area contributed by atoms with E-state index >= 15 is 0 Å². The summed E-state index contributed by atoms with van der Waals surface area (Å²) in [5.41, 5.74) is 5.17. The van der Waals surface area contributed by atoms with Crippen LogP contribution in [0.5, 0.6) is 11.5 Å². The van der Waals surface area contributed by atoms with E-state index in [0.717, 1.165) is 135 Å². The molecule has 2 unspecified atom stereocenters. The average Bonchev–Trinajstić information content (AvgIpc) is 3.56. The number of aromatic nitrogens is 2. The molecular formula is C44H52N8O6. The number of aromatic amines is 1. The van der Waals surface area contributed by atoms with Crippen LogP contribution in [0.4, 0.5) is 11.5 Å². The second kappa shape index (κ2) is 16.1. The molecule has 4 fully saturated rings. The molecule has 5 aliphatic rings. The molecule has 0 saturated carbocycles. The Morgan fingerprint density at radius 2 is 1.57 bits per heavy atom. The van der Waals surface area contributed by atoms with E-state index in [4.69, 9.17) is 10.8 Å². The van der Waals surface area contributed by atoms with Crippen molar-refractivity contribution in [2.75, 3.05) is 82.9 Å². The van der Waals surface area contributed by atoms with Crippen molar-refractivity contribution in [3.05, 3.63) is 75.8 Å². The summed E-state index contributed by atoms with van der Waals surface area (Å²) >= 11 is 0. The lowest BCUT2D eigenvalue weighted by molar-refractivity contribution is -0.136. The van der Waals surface area contributed by atoms with E-state index in [1.165, 1.54) is 4.90 Å². The quantitative estimate of drug-likeness (QED) is 0.213. The standard InChI is InChI=1S/C44H52N8O6/c1-57-38-20-30(34-24-46-42(54)35-25-45-40(23-33(34)35)51-11-3-12-51)21-39(58-2)36(38)27-49-18-16-48(17-19-49)13-8-28-9-14-50(15-10-28)31-5-4-29-26-52(44(56)32(29)22-31)37-6-7-41(53)47-43(37)55/h4-5,20-25,28,37H,3,6-19,26-27H2,1-2H3,(H,46,54)(H,47,53,55)/i7D. The van der Waals surface area contributed by atoms with Crippen molar-refractivity contribution >= 4 is 40.0 Å². The first kappa shape index (κ1) is 36.8. The number of hydrogen-bond donors (Lipinski definition) is 2. The number of benzene rings is 2. The predicted octanol–water partition coefficient (Wildman–Crippen LogP) is 4.00. The molecule has 58 heavy (non-hydrogen) atoms. The molecule has 0 aliphatic carbocycles. The van der Waals surface area contributed by atoms with Gasteiger partial charge in [0, 0.05) is 108 Å². The maximum Gasteiger partial charge on any atom is 0.257 e. The molecule has 9 rings (SSSR count). The van der Waals surface area contributed by atoms with Gasteiger partial charge in [-0.3, -0.25) is 29.4 Å². The first-order valence-electron chi connectivity index (χ1n) is 21.2. The van der Waals surface area contributed by atoms with Gasteiger partial charge in [-0.1, -0.05) is 6.07 Å². The summed E-state index contributed by atoms with van der Waals surface area (Å²) in [4.78, 5) is 69.1. The summed E-state index contributed by atoms with van der Waals surface area (Å²) in [7, 11) is 3.39. The molecule has 4 saturated heterocycles. The zero-order valence-corrected chi connectivity index (χ0v) is 33.3. The van der Waals surface area contributed by atoms with Crippen LogP contribution in [0.1, 0.15) is 61.4 Å². The topological polar surface area (TPSA) is 144 Å². The molecule has 14 heteroatoms. The van der Waals surface area contributed by atoms with Crippen LogP contribution in [0.2, 0.25) is 0 Å². The number of ether oxygens (including phenoxy) is 2. The second-order valence-corrected chi connectivity index (χ2v) is 16.2. The van der Waals surface area contributed by atoms with E-state index in [2.05, 4.69) is 41.0 Å². The lowest BCUT2D eigenvalue weighted by Gasteiger charge is -2.37. The third kappa shape index (κ3) is 7.39. The zero-order chi connectivity index (χ0) is 40.8. The fourth-order valence-corrected chi connectivity index (χ4v) is 9.24. The number of carbonyl (C=O) groups excluding carboxylic acids is 3. The minimum absolute atomic E-state index is 0.0253. The predicted molar refractivity (Wildman–Crippen MR) is 221 cm³/mol. The fraction of sp³-hybridized carbons (Fsp3) is 0.477. The van der Waals surface area contributed by atoms with Gasteiger partial charge >= 0.3 is 0 Å². The maximum absolute atomic E-state index is 13.4. The molecule has 304 valence electrons. The van der Waals surface area contributed by atoms with Crippen LogP contribution < -0.4 is 30.1 Å². The van der Waals surface area contributed by atoms with Gasteiger partial charge in [0.2, 0.25) is 11.8 Å². The average molecular weight is 790 g/mol. The lowest BCUT2D eigenvalue weighted by Crippen LogP contribution is -2.52. The Kier molecular flexibility index (Phi) is 10.2. The number of methoxy groups -OCH3 is 2. The highest BCUT2D eigenvalue weighted by atomic mass is 16.5. The molecule has 4 aromatic rings. The van der Waals surface area contributed by atoms with Crippen LogP contribution >= 0.6 is 0 Å². The first-order chi connectivity index (χ1) is 28.7. The number of rotatable bonds is 11. The van der Waals surface area contributed by atoms with Crippen LogP contribution in [-0.4, -0.2) is 122 Å². The Hall–Kier alpha value is -5.47. The first-order valence-corrected chi connectivity index (χ1v) is 20.6. The van der Waals surface area contributed by atoms with Gasteiger partial charge in [-0.2, -0.15) is 0 Å². The number of hydrogen-bond acceptors (Lipinski definition) is 11. The Morgan fingerprint density at radius 3 is 2.28 bits per heavy atom. The molecule has 0 radical (unpaired) electrons. The summed E-state index contributed by atoms with van der Waals surface area (Å²) in [5.74, 6) is 1.73. The zero-order valence-electron chi connectivity index (χ0n) is 34.3. The third-order valence-corrected chi connectivity index (χ3v) is 12.9. The third-order valence-electron chi connectivity index (χ3n) is 12.9. The number of pyridine rings is 2. The van der Waals surface area contributed by atoms with Crippen molar-refractivity contribution in [2.24, 2.45) is 5.92 Å². The highest BCUT2D eigenvalue weighted by Crippen LogP contribution is 2.39. The van der Waals surface area contributed by atoms with Gasteiger partial charge in [-0.25, -0.2) is 4.98 Å². The number of carbonyl (C=O) groups is 3. The number of imide groups is 1. The van der Waals surface area contributed by atoms with Gasteiger partial charge in [0.1, 0.15) is 23.4 Å². The fourth-order valence-electron chi connectivity index (χ4n) is 9.24. The van der Waals surface area contributed by atoms with Gasteiger partial charge in [-0.05, 0) is 86.0 Å². The normalized spacial score (nSPS) is 22.2. The Morgan fingerprint density at radius 1 is 0.828 bits per heavy atom. The van der Waals surface area contributed by atoms with Gasteiger partial charge in [0.25, 0.3) is 11.5 Å². The summed E-state index contributed by atoms with van der Waals surface area (Å²) in [6.45, 7) is 9.80. The number of anilines is 2. The highest BCUT2D eigenvalue weighted by molar-refractivity contribution is 6.05. The van der Waals surface area contributed by atoms with Crippen LogP contribution in [0, 0.1) is 5.92 Å². The van der Waals surface area contributed by atoms with Gasteiger partial charge in [0.15, 0.2) is 0 Å². The molecule has 2 atom stereocenters. The SMILES string of the molecule is [2H]C1CC(N2Cc3ccc(N4CCC(CCN5CCN(Cc6c(OC)cc(-c7c[nH]c(=O)c8cnc(N9CCC9)cc78)cc6OC)CC5)CC4)cc3C2=O)C(=O)NC1=O. The van der Waals surface area contributed by atoms with E-state index in [1.54, 1.807) is 26.6 Å². The monoisotopic (exact) mass is 789 g/mol. The highest BCUT2D eigenvalue weighted by Gasteiger charge is 2.39. The molecule has 3 amide bonds. The number of amides is 3. The number of nitrogens with zero attached hydrogens (tertiary/aromatic N) is 6. The van der Waals surface area contributed by atoms with Crippen LogP contribution in [0.3, 0.4) is 0 Å². The summed E-state index contributed by atoms with van der Waals surface area (Å²) in [6, 6.07) is 11.3. The number of H-pyrrole nitrogens is 1. The Balaban J connectivity index is 0.773. The summed E-state index contributed by atoms with van der Waals surface area (Å²) in [6.07, 6.45) is 6.92.